The number of carbonyl (C=O) groups is 1. The van der Waals surface area contributed by atoms with E-state index in [2.05, 4.69) is 0 Å². The van der Waals surface area contributed by atoms with Crippen molar-refractivity contribution < 1.29 is 75.5 Å². The molecular formula is C45H77NO15. The van der Waals surface area contributed by atoms with Crippen molar-refractivity contribution in [1.29, 1.82) is 0 Å². The summed E-state index contributed by atoms with van der Waals surface area (Å²) >= 11 is 0. The van der Waals surface area contributed by atoms with Crippen molar-refractivity contribution in [3.8, 4) is 0 Å². The van der Waals surface area contributed by atoms with Gasteiger partial charge in [0.25, 0.3) is 0 Å². The second kappa shape index (κ2) is 32.2. The molecule has 0 aromatic carbocycles. The zero-order chi connectivity index (χ0) is 45.9. The maximum atomic E-state index is 13.3. The molecule has 0 amide bonds. The predicted octanol–water partition coefficient (Wildman–Crippen LogP) is 0.649. The Kier molecular flexibility index (Phi) is 29.8. The highest BCUT2D eigenvalue weighted by molar-refractivity contribution is 5.81. The predicted molar refractivity (Wildman–Crippen MR) is 230 cm³/mol. The molecule has 1 heterocycles. The summed E-state index contributed by atoms with van der Waals surface area (Å²) in [5.74, 6) is -1.23. The van der Waals surface area contributed by atoms with Crippen molar-refractivity contribution in [3.05, 3.63) is 72.9 Å². The Bertz CT molecular complexity index is 1340. The number of rotatable bonds is 32. The molecule has 0 spiro atoms. The number of nitrogens with two attached hydrogens (primary N) is 1. The molecule has 0 aromatic heterocycles. The lowest BCUT2D eigenvalue weighted by molar-refractivity contribution is -0.306. The van der Waals surface area contributed by atoms with Crippen molar-refractivity contribution in [2.24, 2.45) is 11.7 Å². The van der Waals surface area contributed by atoms with E-state index >= 15 is 0 Å². The van der Waals surface area contributed by atoms with E-state index in [1.54, 1.807) is 31.2 Å². The van der Waals surface area contributed by atoms with Gasteiger partial charge in [-0.2, -0.15) is 0 Å². The monoisotopic (exact) mass is 872 g/mol. The van der Waals surface area contributed by atoms with Gasteiger partial charge in [-0.1, -0.05) is 79.8 Å². The second-order valence-corrected chi connectivity index (χ2v) is 16.2. The number of hydrogen-bond donors (Lipinski definition) is 13. The van der Waals surface area contributed by atoms with Crippen molar-refractivity contribution in [1.82, 2.24) is 0 Å². The van der Waals surface area contributed by atoms with Crippen LogP contribution in [0.4, 0.5) is 0 Å². The van der Waals surface area contributed by atoms with Gasteiger partial charge in [-0.15, -0.1) is 0 Å². The number of carbonyl (C=O) groups excluding carboxylic acids is 1. The van der Waals surface area contributed by atoms with Crippen molar-refractivity contribution >= 4 is 5.78 Å². The fourth-order valence-electron chi connectivity index (χ4n) is 6.75. The summed E-state index contributed by atoms with van der Waals surface area (Å²) in [5.41, 5.74) is 5.42. The molecule has 0 bridgehead atoms. The first kappa shape index (κ1) is 56.5. The van der Waals surface area contributed by atoms with Crippen LogP contribution in [0.3, 0.4) is 0 Å². The number of aliphatic hydroxyl groups is 12. The summed E-state index contributed by atoms with van der Waals surface area (Å²) in [6.07, 6.45) is 4.35. The minimum Gasteiger partial charge on any atom is -0.393 e. The van der Waals surface area contributed by atoms with Gasteiger partial charge in [0.1, 0.15) is 24.1 Å². The van der Waals surface area contributed by atoms with Gasteiger partial charge in [0.2, 0.25) is 0 Å². The molecule has 15 unspecified atom stereocenters. The maximum absolute atomic E-state index is 13.3. The number of ketones is 1. The van der Waals surface area contributed by atoms with Crippen molar-refractivity contribution in [2.75, 3.05) is 6.54 Å². The van der Waals surface area contributed by atoms with Crippen molar-refractivity contribution in [3.63, 3.8) is 0 Å². The molecule has 61 heavy (non-hydrogen) atoms. The molecule has 0 aliphatic carbocycles. The lowest BCUT2D eigenvalue weighted by Gasteiger charge is -2.41. The van der Waals surface area contributed by atoms with Crippen LogP contribution in [0.2, 0.25) is 0 Å². The second-order valence-electron chi connectivity index (χ2n) is 16.2. The van der Waals surface area contributed by atoms with Crippen molar-refractivity contribution in [2.45, 2.75) is 190 Å². The van der Waals surface area contributed by atoms with Gasteiger partial charge in [0.15, 0.2) is 6.29 Å². The number of aliphatic hydroxyl groups excluding tert-OH is 12. The summed E-state index contributed by atoms with van der Waals surface area (Å²) < 4.78 is 11.6. The van der Waals surface area contributed by atoms with E-state index in [1.165, 1.54) is 25.2 Å². The molecule has 352 valence electrons. The van der Waals surface area contributed by atoms with Crippen LogP contribution in [-0.2, 0) is 14.3 Å². The third-order valence-corrected chi connectivity index (χ3v) is 10.4. The zero-order valence-electron chi connectivity index (χ0n) is 36.0. The van der Waals surface area contributed by atoms with Crippen LogP contribution in [0.25, 0.3) is 0 Å². The molecule has 1 aliphatic heterocycles. The highest BCUT2D eigenvalue weighted by atomic mass is 16.7. The van der Waals surface area contributed by atoms with Crippen LogP contribution in [0.15, 0.2) is 72.9 Å². The van der Waals surface area contributed by atoms with Crippen LogP contribution in [-0.4, -0.2) is 165 Å². The molecule has 0 saturated carbocycles. The molecule has 14 N–H and O–H groups in total. The Balaban J connectivity index is 2.58. The van der Waals surface area contributed by atoms with E-state index in [9.17, 15) is 66.1 Å². The highest BCUT2D eigenvalue weighted by Gasteiger charge is 2.44. The van der Waals surface area contributed by atoms with Gasteiger partial charge in [0.05, 0.1) is 67.1 Å². The fourth-order valence-corrected chi connectivity index (χ4v) is 6.75. The minimum atomic E-state index is -1.58. The highest BCUT2D eigenvalue weighted by Crippen LogP contribution is 2.27. The molecule has 16 nitrogen and oxygen atoms in total. The summed E-state index contributed by atoms with van der Waals surface area (Å²) in [6, 6.07) is 0. The Labute approximate surface area is 361 Å². The van der Waals surface area contributed by atoms with Gasteiger partial charge in [-0.25, -0.2) is 0 Å². The molecule has 0 radical (unpaired) electrons. The maximum Gasteiger partial charge on any atom is 0.186 e. The molecule has 1 rings (SSSR count). The smallest absolute Gasteiger partial charge is 0.186 e. The third kappa shape index (κ3) is 25.4. The molecule has 1 fully saturated rings. The van der Waals surface area contributed by atoms with Crippen LogP contribution < -0.4 is 5.73 Å². The Morgan fingerprint density at radius 1 is 0.623 bits per heavy atom. The summed E-state index contributed by atoms with van der Waals surface area (Å²) in [4.78, 5) is 13.3. The SMILES string of the molecule is C/C=C/C=C/C=C/C=C/CC(OC1OC(C)C(O)C(O)C1O)C(C)C(=O)C[C@@H](O)CC(O)CC(O)/C=C/CC(O)CC(O)CC(O)CC(O)/C=C/CC(O)CC(O)CCCN. The summed E-state index contributed by atoms with van der Waals surface area (Å²) in [7, 11) is 0. The number of hydrogen-bond acceptors (Lipinski definition) is 16. The zero-order valence-corrected chi connectivity index (χ0v) is 36.0. The number of ether oxygens (including phenoxy) is 2. The van der Waals surface area contributed by atoms with E-state index < -0.39 is 103 Å². The van der Waals surface area contributed by atoms with Gasteiger partial charge < -0.3 is 76.5 Å². The topological polar surface area (TPSA) is 304 Å². The largest absolute Gasteiger partial charge is 0.393 e. The molecule has 0 aromatic rings. The van der Waals surface area contributed by atoms with Crippen LogP contribution in [0, 0.1) is 5.92 Å². The molecule has 1 saturated heterocycles. The number of allylic oxidation sites excluding steroid dienone is 7. The standard InChI is InChI=1S/C45H77NO15/c1-4-5-6-7-8-9-10-11-20-41(61-45-44(59)43(58)42(57)30(3)60-45)29(2)40(56)28-39(55)27-38(54)25-34(50)18-13-17-33(49)24-37(53)26-36(52)23-32(48)16-12-15-31(47)22-35(51)19-14-21-46/h4-13,16,18,29-39,41-45,47-55,57-59H,14-15,17,19-28,46H2,1-3H3/b5-4+,7-6+,9-8+,11-10+,16-12+,18-13+/t29?,30?,31?,32?,33?,34?,35?,36?,37?,38?,39-,41?,42?,43?,44?,45?/m0/s1. The summed E-state index contributed by atoms with van der Waals surface area (Å²) in [5, 5.41) is 124. The molecule has 16 heteroatoms. The van der Waals surface area contributed by atoms with Crippen LogP contribution in [0.5, 0.6) is 0 Å². The van der Waals surface area contributed by atoms with E-state index in [1.807, 2.05) is 37.3 Å². The van der Waals surface area contributed by atoms with E-state index in [0.29, 0.717) is 19.4 Å². The fraction of sp³-hybridized carbons (Fsp3) is 0.711. The Morgan fingerprint density at radius 3 is 1.67 bits per heavy atom. The van der Waals surface area contributed by atoms with Gasteiger partial charge in [-0.05, 0) is 78.2 Å². The van der Waals surface area contributed by atoms with Gasteiger partial charge in [-0.3, -0.25) is 4.79 Å². The van der Waals surface area contributed by atoms with Gasteiger partial charge >= 0.3 is 0 Å². The van der Waals surface area contributed by atoms with E-state index in [0.717, 1.165) is 0 Å². The minimum absolute atomic E-state index is 0.0492. The first-order valence-electron chi connectivity index (χ1n) is 21.5. The Morgan fingerprint density at radius 2 is 1.11 bits per heavy atom. The average molecular weight is 872 g/mol. The number of Topliss-reactive ketones (excluding diaryl/α,β-unsaturated/α-hetero) is 1. The average Bonchev–Trinajstić information content (AvgIpc) is 3.17. The van der Waals surface area contributed by atoms with E-state index in [-0.39, 0.29) is 64.2 Å². The third-order valence-electron chi connectivity index (χ3n) is 10.4. The van der Waals surface area contributed by atoms with E-state index in [4.69, 9.17) is 15.2 Å². The molecule has 1 aliphatic rings. The summed E-state index contributed by atoms with van der Waals surface area (Å²) in [6.45, 7) is 5.46. The lowest BCUT2D eigenvalue weighted by atomic mass is 9.91. The first-order valence-corrected chi connectivity index (χ1v) is 21.5. The first-order chi connectivity index (χ1) is 28.9. The lowest BCUT2D eigenvalue weighted by Crippen LogP contribution is -2.58. The van der Waals surface area contributed by atoms with Crippen LogP contribution in [0.1, 0.15) is 97.8 Å². The normalized spacial score (nSPS) is 26.0. The molecular weight excluding hydrogens is 794 g/mol. The molecule has 16 atom stereocenters. The van der Waals surface area contributed by atoms with Crippen LogP contribution >= 0.6 is 0 Å². The Hall–Kier alpha value is -2.49. The van der Waals surface area contributed by atoms with Gasteiger partial charge in [0, 0.05) is 25.2 Å². The quantitative estimate of drug-likeness (QED) is 0.0326.